The van der Waals surface area contributed by atoms with E-state index in [9.17, 15) is 0 Å². The van der Waals surface area contributed by atoms with Crippen LogP contribution in [0, 0.1) is 0 Å². The zero-order valence-electron chi connectivity index (χ0n) is 13.3. The number of nitrogens with zero attached hydrogens (tertiary/aromatic N) is 3. The molecule has 1 aliphatic heterocycles. The second-order valence-electron chi connectivity index (χ2n) is 5.47. The Bertz CT molecular complexity index is 491. The molecule has 2 rings (SSSR count). The Labute approximate surface area is 122 Å². The van der Waals surface area contributed by atoms with Gasteiger partial charge in [-0.2, -0.15) is 0 Å². The molecule has 0 aliphatic carbocycles. The normalized spacial score (nSPS) is 18.0. The van der Waals surface area contributed by atoms with Crippen LogP contribution in [0.2, 0.25) is 0 Å². The molecule has 1 atom stereocenters. The molecule has 0 spiro atoms. The highest BCUT2D eigenvalue weighted by atomic mass is 15.4. The minimum atomic E-state index is 0.182. The lowest BCUT2D eigenvalue weighted by Crippen LogP contribution is -2.48. The Kier molecular flexibility index (Phi) is 4.23. The molecule has 1 unspecified atom stereocenters. The summed E-state index contributed by atoms with van der Waals surface area (Å²) in [4.78, 5) is 6.78. The number of rotatable bonds is 4. The summed E-state index contributed by atoms with van der Waals surface area (Å²) in [6.07, 6.45) is 0.182. The van der Waals surface area contributed by atoms with E-state index in [-0.39, 0.29) is 6.17 Å². The largest absolute Gasteiger partial charge is 0.372 e. The van der Waals surface area contributed by atoms with Crippen LogP contribution < -0.4 is 15.1 Å². The Hall–Kier alpha value is -1.68. The van der Waals surface area contributed by atoms with Crippen LogP contribution in [0.3, 0.4) is 0 Å². The predicted octanol–water partition coefficient (Wildman–Crippen LogP) is 2.80. The van der Waals surface area contributed by atoms with Crippen molar-refractivity contribution < 1.29 is 0 Å². The van der Waals surface area contributed by atoms with Gasteiger partial charge < -0.3 is 15.1 Å². The van der Waals surface area contributed by atoms with E-state index < -0.39 is 0 Å². The quantitative estimate of drug-likeness (QED) is 0.911. The van der Waals surface area contributed by atoms with E-state index in [4.69, 9.17) is 0 Å². The zero-order chi connectivity index (χ0) is 14.9. The van der Waals surface area contributed by atoms with E-state index in [2.05, 4.69) is 79.8 Å². The first-order chi connectivity index (χ1) is 9.49. The zero-order valence-corrected chi connectivity index (χ0v) is 13.3. The van der Waals surface area contributed by atoms with E-state index >= 15 is 0 Å². The van der Waals surface area contributed by atoms with E-state index in [1.165, 1.54) is 11.4 Å². The predicted molar refractivity (Wildman–Crippen MR) is 88.6 cm³/mol. The third-order valence-corrected chi connectivity index (χ3v) is 3.95. The lowest BCUT2D eigenvalue weighted by Gasteiger charge is -2.41. The average molecular weight is 274 g/mol. The molecule has 0 aromatic heterocycles. The third kappa shape index (κ3) is 2.48. The van der Waals surface area contributed by atoms with Crippen molar-refractivity contribution >= 4 is 17.1 Å². The molecular formula is C16H26N4. The van der Waals surface area contributed by atoms with Crippen molar-refractivity contribution in [1.82, 2.24) is 4.90 Å². The van der Waals surface area contributed by atoms with Gasteiger partial charge in [0.25, 0.3) is 0 Å². The second-order valence-corrected chi connectivity index (χ2v) is 5.47. The van der Waals surface area contributed by atoms with E-state index in [0.717, 1.165) is 24.5 Å². The highest BCUT2D eigenvalue weighted by molar-refractivity contribution is 5.79. The van der Waals surface area contributed by atoms with Crippen molar-refractivity contribution in [3.8, 4) is 0 Å². The Morgan fingerprint density at radius 1 is 1.25 bits per heavy atom. The van der Waals surface area contributed by atoms with Gasteiger partial charge in [0.2, 0.25) is 0 Å². The SMILES string of the molecule is C=C1Nc2cc(N(CC)CC)ccc2N(C)C1N(C)C. The van der Waals surface area contributed by atoms with Gasteiger partial charge in [-0.1, -0.05) is 6.58 Å². The summed E-state index contributed by atoms with van der Waals surface area (Å²) >= 11 is 0. The first-order valence-electron chi connectivity index (χ1n) is 7.23. The van der Waals surface area contributed by atoms with Gasteiger partial charge in [-0.05, 0) is 46.1 Å². The van der Waals surface area contributed by atoms with Crippen molar-refractivity contribution in [2.75, 3.05) is 49.3 Å². The number of hydrogen-bond acceptors (Lipinski definition) is 4. The molecule has 20 heavy (non-hydrogen) atoms. The third-order valence-electron chi connectivity index (χ3n) is 3.95. The molecule has 4 nitrogen and oxygen atoms in total. The molecule has 110 valence electrons. The van der Waals surface area contributed by atoms with Crippen LogP contribution >= 0.6 is 0 Å². The average Bonchev–Trinajstić information content (AvgIpc) is 2.39. The summed E-state index contributed by atoms with van der Waals surface area (Å²) in [5.74, 6) is 0. The molecule has 1 N–H and O–H groups in total. The highest BCUT2D eigenvalue weighted by Gasteiger charge is 2.28. The van der Waals surface area contributed by atoms with Gasteiger partial charge in [-0.15, -0.1) is 0 Å². The number of hydrogen-bond donors (Lipinski definition) is 1. The molecule has 0 bridgehead atoms. The molecule has 1 aliphatic rings. The van der Waals surface area contributed by atoms with E-state index in [1.54, 1.807) is 0 Å². The number of likely N-dealkylation sites (N-methyl/N-ethyl adjacent to an activating group) is 2. The summed E-state index contributed by atoms with van der Waals surface area (Å²) in [5, 5.41) is 3.46. The molecule has 0 saturated heterocycles. The number of anilines is 3. The van der Waals surface area contributed by atoms with Crippen molar-refractivity contribution in [3.05, 3.63) is 30.5 Å². The summed E-state index contributed by atoms with van der Waals surface area (Å²) in [7, 11) is 6.26. The summed E-state index contributed by atoms with van der Waals surface area (Å²) < 4.78 is 0. The molecule has 1 aromatic rings. The highest BCUT2D eigenvalue weighted by Crippen LogP contribution is 2.37. The van der Waals surface area contributed by atoms with Crippen molar-refractivity contribution in [1.29, 1.82) is 0 Å². The fraction of sp³-hybridized carbons (Fsp3) is 0.500. The van der Waals surface area contributed by atoms with Crippen LogP contribution in [0.1, 0.15) is 13.8 Å². The van der Waals surface area contributed by atoms with Crippen LogP contribution in [0.5, 0.6) is 0 Å². The molecule has 0 saturated carbocycles. The summed E-state index contributed by atoms with van der Waals surface area (Å²) in [6, 6.07) is 6.61. The van der Waals surface area contributed by atoms with Crippen LogP contribution in [-0.2, 0) is 0 Å². The van der Waals surface area contributed by atoms with Gasteiger partial charge in [0.1, 0.15) is 6.17 Å². The molecule has 0 amide bonds. The standard InChI is InChI=1S/C16H26N4/c1-7-20(8-2)13-9-10-15-14(11-13)17-12(3)16(18(4)5)19(15)6/h9-11,16-17H,3,7-8H2,1-2,4-6H3. The topological polar surface area (TPSA) is 21.8 Å². The smallest absolute Gasteiger partial charge is 0.122 e. The van der Waals surface area contributed by atoms with Gasteiger partial charge >= 0.3 is 0 Å². The van der Waals surface area contributed by atoms with Crippen LogP contribution in [0.25, 0.3) is 0 Å². The molecule has 0 fully saturated rings. The number of nitrogens with one attached hydrogen (secondary N) is 1. The maximum atomic E-state index is 4.17. The molecular weight excluding hydrogens is 248 g/mol. The van der Waals surface area contributed by atoms with Crippen LogP contribution in [0.4, 0.5) is 17.1 Å². The van der Waals surface area contributed by atoms with Crippen molar-refractivity contribution in [2.24, 2.45) is 0 Å². The fourth-order valence-electron chi connectivity index (χ4n) is 2.98. The van der Waals surface area contributed by atoms with Crippen molar-refractivity contribution in [2.45, 2.75) is 20.0 Å². The monoisotopic (exact) mass is 274 g/mol. The molecule has 1 aromatic carbocycles. The Morgan fingerprint density at radius 3 is 2.45 bits per heavy atom. The number of benzene rings is 1. The molecule has 4 heteroatoms. The van der Waals surface area contributed by atoms with Gasteiger partial charge in [0.05, 0.1) is 11.4 Å². The molecule has 1 heterocycles. The minimum absolute atomic E-state index is 0.182. The maximum absolute atomic E-state index is 4.17. The number of fused-ring (bicyclic) bond motifs is 1. The lowest BCUT2D eigenvalue weighted by atomic mass is 10.1. The first kappa shape index (κ1) is 14.7. The summed E-state index contributed by atoms with van der Waals surface area (Å²) in [5.41, 5.74) is 4.62. The molecule has 0 radical (unpaired) electrons. The lowest BCUT2D eigenvalue weighted by molar-refractivity contribution is 0.326. The van der Waals surface area contributed by atoms with Gasteiger partial charge in [0.15, 0.2) is 0 Å². The van der Waals surface area contributed by atoms with Crippen LogP contribution in [-0.4, -0.2) is 45.3 Å². The summed E-state index contributed by atoms with van der Waals surface area (Å²) in [6.45, 7) is 10.6. The van der Waals surface area contributed by atoms with Gasteiger partial charge in [-0.25, -0.2) is 0 Å². The Balaban J connectivity index is 2.38. The van der Waals surface area contributed by atoms with Crippen molar-refractivity contribution in [3.63, 3.8) is 0 Å². The maximum Gasteiger partial charge on any atom is 0.122 e. The van der Waals surface area contributed by atoms with Gasteiger partial charge in [-0.3, -0.25) is 4.90 Å². The van der Waals surface area contributed by atoms with E-state index in [1.807, 2.05) is 0 Å². The second kappa shape index (κ2) is 5.75. The fourth-order valence-corrected chi connectivity index (χ4v) is 2.98. The van der Waals surface area contributed by atoms with Crippen LogP contribution in [0.15, 0.2) is 30.5 Å². The minimum Gasteiger partial charge on any atom is -0.372 e. The first-order valence-corrected chi connectivity index (χ1v) is 7.23. The van der Waals surface area contributed by atoms with Gasteiger partial charge in [0, 0.05) is 31.5 Å². The van der Waals surface area contributed by atoms with E-state index in [0.29, 0.717) is 0 Å². The Morgan fingerprint density at radius 2 is 1.90 bits per heavy atom.